The summed E-state index contributed by atoms with van der Waals surface area (Å²) in [7, 11) is 0. The average molecular weight is 335 g/mol. The van der Waals surface area contributed by atoms with Crippen LogP contribution in [0.1, 0.15) is 23.2 Å². The lowest BCUT2D eigenvalue weighted by Crippen LogP contribution is -2.39. The molecular formula is C20H21N3O2. The fourth-order valence-corrected chi connectivity index (χ4v) is 3.49. The third-order valence-corrected chi connectivity index (χ3v) is 4.75. The van der Waals surface area contributed by atoms with Crippen LogP contribution < -0.4 is 11.1 Å². The SMILES string of the molecule is Nc1ccc2[nH]c3c(c2c1)CC(NC(=O)OCc1ccccc1)CC3. The van der Waals surface area contributed by atoms with Crippen molar-refractivity contribution in [3.63, 3.8) is 0 Å². The Hall–Kier alpha value is -2.95. The number of alkyl carbamates (subject to hydrolysis) is 1. The van der Waals surface area contributed by atoms with Crippen molar-refractivity contribution >= 4 is 22.7 Å². The summed E-state index contributed by atoms with van der Waals surface area (Å²) < 4.78 is 5.33. The molecule has 1 heterocycles. The number of rotatable bonds is 3. The Kier molecular flexibility index (Phi) is 4.06. The lowest BCUT2D eigenvalue weighted by Gasteiger charge is -2.23. The number of nitrogen functional groups attached to an aromatic ring is 1. The summed E-state index contributed by atoms with van der Waals surface area (Å²) in [5.74, 6) is 0. The van der Waals surface area contributed by atoms with Crippen molar-refractivity contribution in [1.82, 2.24) is 10.3 Å². The highest BCUT2D eigenvalue weighted by Gasteiger charge is 2.24. The zero-order valence-electron chi connectivity index (χ0n) is 13.9. The molecule has 0 saturated heterocycles. The maximum Gasteiger partial charge on any atom is 0.407 e. The molecule has 4 rings (SSSR count). The van der Waals surface area contributed by atoms with Crippen molar-refractivity contribution in [2.45, 2.75) is 31.9 Å². The number of amides is 1. The van der Waals surface area contributed by atoms with E-state index in [0.717, 1.165) is 41.4 Å². The maximum atomic E-state index is 12.1. The van der Waals surface area contributed by atoms with Gasteiger partial charge in [0.15, 0.2) is 0 Å². The zero-order chi connectivity index (χ0) is 17.2. The van der Waals surface area contributed by atoms with Crippen LogP contribution in [-0.4, -0.2) is 17.1 Å². The molecule has 2 aromatic carbocycles. The van der Waals surface area contributed by atoms with Crippen LogP contribution in [0.4, 0.5) is 10.5 Å². The van der Waals surface area contributed by atoms with Crippen LogP contribution >= 0.6 is 0 Å². The molecule has 1 aromatic heterocycles. The second kappa shape index (κ2) is 6.51. The van der Waals surface area contributed by atoms with Gasteiger partial charge >= 0.3 is 6.09 Å². The molecule has 1 amide bonds. The molecule has 4 N–H and O–H groups in total. The number of anilines is 1. The lowest BCUT2D eigenvalue weighted by molar-refractivity contribution is 0.134. The standard InChI is InChI=1S/C20H21N3O2/c21-14-6-8-18-16(10-14)17-11-15(7-9-19(17)23-18)22-20(24)25-12-13-4-2-1-3-5-13/h1-6,8,10,15,23H,7,9,11-12,21H2,(H,22,24). The summed E-state index contributed by atoms with van der Waals surface area (Å²) in [5.41, 5.74) is 11.3. The minimum atomic E-state index is -0.364. The van der Waals surface area contributed by atoms with Crippen LogP contribution in [0.3, 0.4) is 0 Å². The quantitative estimate of drug-likeness (QED) is 0.641. The van der Waals surface area contributed by atoms with Crippen molar-refractivity contribution < 1.29 is 9.53 Å². The monoisotopic (exact) mass is 335 g/mol. The molecule has 5 heteroatoms. The molecule has 1 aliphatic carbocycles. The molecule has 1 aliphatic rings. The Labute approximate surface area is 146 Å². The number of H-pyrrole nitrogens is 1. The summed E-state index contributed by atoms with van der Waals surface area (Å²) in [6.45, 7) is 0.286. The second-order valence-electron chi connectivity index (χ2n) is 6.53. The molecular weight excluding hydrogens is 314 g/mol. The van der Waals surface area contributed by atoms with E-state index in [9.17, 15) is 4.79 Å². The topological polar surface area (TPSA) is 80.1 Å². The van der Waals surface area contributed by atoms with Gasteiger partial charge in [-0.2, -0.15) is 0 Å². The van der Waals surface area contributed by atoms with Crippen LogP contribution in [0.25, 0.3) is 10.9 Å². The van der Waals surface area contributed by atoms with Gasteiger partial charge in [0.2, 0.25) is 0 Å². The third kappa shape index (κ3) is 3.31. The predicted octanol–water partition coefficient (Wildman–Crippen LogP) is 3.53. The molecule has 0 radical (unpaired) electrons. The van der Waals surface area contributed by atoms with Gasteiger partial charge in [0.1, 0.15) is 6.61 Å². The van der Waals surface area contributed by atoms with E-state index >= 15 is 0 Å². The highest BCUT2D eigenvalue weighted by Crippen LogP contribution is 2.30. The number of nitrogens with one attached hydrogen (secondary N) is 2. The molecule has 0 spiro atoms. The van der Waals surface area contributed by atoms with Gasteiger partial charge in [-0.05, 0) is 48.6 Å². The number of aryl methyl sites for hydroxylation is 1. The van der Waals surface area contributed by atoms with Crippen LogP contribution in [0.2, 0.25) is 0 Å². The summed E-state index contributed by atoms with van der Waals surface area (Å²) in [5, 5.41) is 4.14. The van der Waals surface area contributed by atoms with E-state index in [1.54, 1.807) is 0 Å². The van der Waals surface area contributed by atoms with E-state index in [0.29, 0.717) is 0 Å². The van der Waals surface area contributed by atoms with Crippen LogP contribution in [-0.2, 0) is 24.2 Å². The molecule has 1 unspecified atom stereocenters. The first-order valence-corrected chi connectivity index (χ1v) is 8.55. The van der Waals surface area contributed by atoms with Crippen molar-refractivity contribution in [3.05, 3.63) is 65.4 Å². The van der Waals surface area contributed by atoms with Crippen molar-refractivity contribution in [1.29, 1.82) is 0 Å². The number of carbonyl (C=O) groups excluding carboxylic acids is 1. The molecule has 0 aliphatic heterocycles. The molecule has 128 valence electrons. The van der Waals surface area contributed by atoms with E-state index in [1.807, 2.05) is 48.5 Å². The Balaban J connectivity index is 1.41. The van der Waals surface area contributed by atoms with Crippen LogP contribution in [0, 0.1) is 0 Å². The Morgan fingerprint density at radius 2 is 2.08 bits per heavy atom. The maximum absolute atomic E-state index is 12.1. The van der Waals surface area contributed by atoms with Gasteiger partial charge in [-0.15, -0.1) is 0 Å². The first-order valence-electron chi connectivity index (χ1n) is 8.55. The Bertz CT molecular complexity index is 902. The number of hydrogen-bond acceptors (Lipinski definition) is 3. The number of hydrogen-bond donors (Lipinski definition) is 3. The normalized spacial score (nSPS) is 16.4. The van der Waals surface area contributed by atoms with Gasteiger partial charge in [0.25, 0.3) is 0 Å². The largest absolute Gasteiger partial charge is 0.445 e. The Morgan fingerprint density at radius 1 is 1.24 bits per heavy atom. The molecule has 0 bridgehead atoms. The van der Waals surface area contributed by atoms with Gasteiger partial charge < -0.3 is 20.8 Å². The number of fused-ring (bicyclic) bond motifs is 3. The molecule has 5 nitrogen and oxygen atoms in total. The highest BCUT2D eigenvalue weighted by atomic mass is 16.5. The minimum absolute atomic E-state index is 0.0798. The number of benzene rings is 2. The first kappa shape index (κ1) is 15.6. The van der Waals surface area contributed by atoms with Gasteiger partial charge in [0.05, 0.1) is 0 Å². The fourth-order valence-electron chi connectivity index (χ4n) is 3.49. The average Bonchev–Trinajstić information content (AvgIpc) is 2.98. The smallest absolute Gasteiger partial charge is 0.407 e. The lowest BCUT2D eigenvalue weighted by atomic mass is 9.91. The van der Waals surface area contributed by atoms with Crippen molar-refractivity contribution in [2.75, 3.05) is 5.73 Å². The van der Waals surface area contributed by atoms with Gasteiger partial charge in [-0.1, -0.05) is 30.3 Å². The molecule has 3 aromatic rings. The number of ether oxygens (including phenoxy) is 1. The van der Waals surface area contributed by atoms with E-state index in [-0.39, 0.29) is 18.7 Å². The summed E-state index contributed by atoms with van der Waals surface area (Å²) >= 11 is 0. The third-order valence-electron chi connectivity index (χ3n) is 4.75. The van der Waals surface area contributed by atoms with E-state index in [1.165, 1.54) is 11.3 Å². The van der Waals surface area contributed by atoms with E-state index in [4.69, 9.17) is 10.5 Å². The number of nitrogens with two attached hydrogens (primary N) is 1. The Morgan fingerprint density at radius 3 is 2.92 bits per heavy atom. The number of aromatic amines is 1. The summed E-state index contributed by atoms with van der Waals surface area (Å²) in [4.78, 5) is 15.6. The molecule has 25 heavy (non-hydrogen) atoms. The summed E-state index contributed by atoms with van der Waals surface area (Å²) in [6, 6.07) is 15.7. The van der Waals surface area contributed by atoms with Crippen molar-refractivity contribution in [2.24, 2.45) is 0 Å². The minimum Gasteiger partial charge on any atom is -0.445 e. The number of carbonyl (C=O) groups is 1. The number of aromatic nitrogens is 1. The van der Waals surface area contributed by atoms with Gasteiger partial charge in [-0.3, -0.25) is 0 Å². The van der Waals surface area contributed by atoms with Crippen LogP contribution in [0.5, 0.6) is 0 Å². The van der Waals surface area contributed by atoms with E-state index < -0.39 is 0 Å². The molecule has 0 fully saturated rings. The van der Waals surface area contributed by atoms with Crippen molar-refractivity contribution in [3.8, 4) is 0 Å². The molecule has 1 atom stereocenters. The molecule has 0 saturated carbocycles. The van der Waals surface area contributed by atoms with Crippen LogP contribution in [0.15, 0.2) is 48.5 Å². The first-order chi connectivity index (χ1) is 12.2. The summed E-state index contributed by atoms with van der Waals surface area (Å²) in [6.07, 6.45) is 2.24. The fraction of sp³-hybridized carbons (Fsp3) is 0.250. The predicted molar refractivity (Wildman–Crippen MR) is 98.3 cm³/mol. The second-order valence-corrected chi connectivity index (χ2v) is 6.53. The van der Waals surface area contributed by atoms with Gasteiger partial charge in [0, 0.05) is 28.3 Å². The van der Waals surface area contributed by atoms with Gasteiger partial charge in [-0.25, -0.2) is 4.79 Å². The van der Waals surface area contributed by atoms with E-state index in [2.05, 4.69) is 10.3 Å². The zero-order valence-corrected chi connectivity index (χ0v) is 13.9. The highest BCUT2D eigenvalue weighted by molar-refractivity contribution is 5.87.